The second kappa shape index (κ2) is 5.85. The lowest BCUT2D eigenvalue weighted by atomic mass is 9.88. The summed E-state index contributed by atoms with van der Waals surface area (Å²) in [7, 11) is 0. The van der Waals surface area contributed by atoms with Gasteiger partial charge in [-0.3, -0.25) is 10.1 Å². The van der Waals surface area contributed by atoms with Gasteiger partial charge in [-0.05, 0) is 48.6 Å². The molecule has 1 atom stereocenters. The number of nitro benzene ring substituents is 1. The van der Waals surface area contributed by atoms with Crippen molar-refractivity contribution in [3.8, 4) is 0 Å². The molecule has 0 bridgehead atoms. The minimum Gasteiger partial charge on any atom is -0.376 e. The molecule has 2 aromatic rings. The van der Waals surface area contributed by atoms with Gasteiger partial charge < -0.3 is 5.32 Å². The van der Waals surface area contributed by atoms with E-state index in [0.717, 1.165) is 23.7 Å². The van der Waals surface area contributed by atoms with Crippen molar-refractivity contribution in [2.24, 2.45) is 0 Å². The van der Waals surface area contributed by atoms with E-state index in [4.69, 9.17) is 0 Å². The van der Waals surface area contributed by atoms with E-state index in [-0.39, 0.29) is 16.7 Å². The van der Waals surface area contributed by atoms with Gasteiger partial charge in [-0.25, -0.2) is 0 Å². The average molecular weight is 347 g/mol. The SMILES string of the molecule is O=[N+]([O-])c1ccccc1NC1CCc2cc(Br)ccc2C1. The predicted molar refractivity (Wildman–Crippen MR) is 86.7 cm³/mol. The van der Waals surface area contributed by atoms with Crippen LogP contribution in [-0.2, 0) is 12.8 Å². The highest BCUT2D eigenvalue weighted by molar-refractivity contribution is 9.10. The first-order chi connectivity index (χ1) is 10.1. The number of para-hydroxylation sites is 2. The van der Waals surface area contributed by atoms with Crippen LogP contribution in [0.2, 0.25) is 0 Å². The number of hydrogen-bond acceptors (Lipinski definition) is 3. The number of aryl methyl sites for hydroxylation is 1. The van der Waals surface area contributed by atoms with Gasteiger partial charge in [-0.1, -0.05) is 34.1 Å². The van der Waals surface area contributed by atoms with Gasteiger partial charge in [-0.2, -0.15) is 0 Å². The van der Waals surface area contributed by atoms with Crippen molar-refractivity contribution in [2.45, 2.75) is 25.3 Å². The van der Waals surface area contributed by atoms with Crippen molar-refractivity contribution in [2.75, 3.05) is 5.32 Å². The highest BCUT2D eigenvalue weighted by Crippen LogP contribution is 2.29. The minimum absolute atomic E-state index is 0.138. The van der Waals surface area contributed by atoms with Crippen LogP contribution in [0.5, 0.6) is 0 Å². The Labute approximate surface area is 131 Å². The van der Waals surface area contributed by atoms with Crippen molar-refractivity contribution in [1.29, 1.82) is 0 Å². The van der Waals surface area contributed by atoms with Crippen LogP contribution in [0.1, 0.15) is 17.5 Å². The van der Waals surface area contributed by atoms with Gasteiger partial charge in [0.05, 0.1) is 4.92 Å². The molecular weight excluding hydrogens is 332 g/mol. The molecule has 0 amide bonds. The van der Waals surface area contributed by atoms with E-state index in [1.807, 2.05) is 12.1 Å². The summed E-state index contributed by atoms with van der Waals surface area (Å²) in [5.41, 5.74) is 3.43. The zero-order chi connectivity index (χ0) is 14.8. The lowest BCUT2D eigenvalue weighted by Crippen LogP contribution is -2.27. The highest BCUT2D eigenvalue weighted by atomic mass is 79.9. The molecule has 4 nitrogen and oxygen atoms in total. The van der Waals surface area contributed by atoms with Gasteiger partial charge in [0.15, 0.2) is 0 Å². The van der Waals surface area contributed by atoms with Crippen molar-refractivity contribution in [1.82, 2.24) is 0 Å². The third-order valence-electron chi connectivity index (χ3n) is 3.86. The maximum Gasteiger partial charge on any atom is 0.292 e. The maximum absolute atomic E-state index is 11.1. The molecule has 0 aliphatic heterocycles. The molecule has 0 saturated heterocycles. The second-order valence-electron chi connectivity index (χ2n) is 5.27. The molecule has 1 unspecified atom stereocenters. The van der Waals surface area contributed by atoms with Crippen LogP contribution >= 0.6 is 15.9 Å². The summed E-state index contributed by atoms with van der Waals surface area (Å²) in [5, 5.41) is 14.4. The van der Waals surface area contributed by atoms with E-state index in [1.165, 1.54) is 17.2 Å². The van der Waals surface area contributed by atoms with E-state index in [0.29, 0.717) is 5.69 Å². The number of rotatable bonds is 3. The number of anilines is 1. The van der Waals surface area contributed by atoms with E-state index in [2.05, 4.69) is 33.4 Å². The third-order valence-corrected chi connectivity index (χ3v) is 4.35. The lowest BCUT2D eigenvalue weighted by molar-refractivity contribution is -0.384. The summed E-state index contributed by atoms with van der Waals surface area (Å²) in [6.07, 6.45) is 2.87. The Hall–Kier alpha value is -1.88. The Balaban J connectivity index is 1.79. The van der Waals surface area contributed by atoms with Crippen molar-refractivity contribution in [3.05, 3.63) is 68.2 Å². The predicted octanol–water partition coefficient (Wildman–Crippen LogP) is 4.33. The molecule has 1 aliphatic carbocycles. The van der Waals surface area contributed by atoms with Crippen molar-refractivity contribution in [3.63, 3.8) is 0 Å². The van der Waals surface area contributed by atoms with Gasteiger partial charge in [0.25, 0.3) is 5.69 Å². The van der Waals surface area contributed by atoms with Gasteiger partial charge in [0.2, 0.25) is 0 Å². The lowest BCUT2D eigenvalue weighted by Gasteiger charge is -2.26. The topological polar surface area (TPSA) is 55.2 Å². The van der Waals surface area contributed by atoms with Crippen LogP contribution in [0.4, 0.5) is 11.4 Å². The first-order valence-corrected chi connectivity index (χ1v) is 7.70. The number of nitro groups is 1. The van der Waals surface area contributed by atoms with Crippen LogP contribution in [0.25, 0.3) is 0 Å². The van der Waals surface area contributed by atoms with E-state index in [9.17, 15) is 10.1 Å². The Morgan fingerprint density at radius 3 is 2.81 bits per heavy atom. The number of benzene rings is 2. The number of fused-ring (bicyclic) bond motifs is 1. The minimum atomic E-state index is -0.337. The summed E-state index contributed by atoms with van der Waals surface area (Å²) < 4.78 is 1.10. The number of halogens is 1. The largest absolute Gasteiger partial charge is 0.376 e. The molecule has 0 saturated carbocycles. The number of nitrogens with one attached hydrogen (secondary N) is 1. The summed E-state index contributed by atoms with van der Waals surface area (Å²) in [5.74, 6) is 0. The maximum atomic E-state index is 11.1. The third kappa shape index (κ3) is 3.08. The quantitative estimate of drug-likeness (QED) is 0.664. The van der Waals surface area contributed by atoms with Crippen LogP contribution in [0, 0.1) is 10.1 Å². The molecule has 3 rings (SSSR count). The van der Waals surface area contributed by atoms with Gasteiger partial charge in [0, 0.05) is 16.6 Å². The Morgan fingerprint density at radius 2 is 2.00 bits per heavy atom. The monoisotopic (exact) mass is 346 g/mol. The summed E-state index contributed by atoms with van der Waals surface area (Å²) in [6, 6.07) is 13.4. The molecule has 108 valence electrons. The second-order valence-corrected chi connectivity index (χ2v) is 6.19. The Kier molecular flexibility index (Phi) is 3.92. The van der Waals surface area contributed by atoms with Gasteiger partial charge in [0.1, 0.15) is 5.69 Å². The zero-order valence-corrected chi connectivity index (χ0v) is 13.0. The molecule has 0 radical (unpaired) electrons. The van der Waals surface area contributed by atoms with Crippen LogP contribution < -0.4 is 5.32 Å². The number of nitrogens with zero attached hydrogens (tertiary/aromatic N) is 1. The highest BCUT2D eigenvalue weighted by Gasteiger charge is 2.21. The van der Waals surface area contributed by atoms with E-state index >= 15 is 0 Å². The molecule has 5 heteroatoms. The summed E-state index contributed by atoms with van der Waals surface area (Å²) >= 11 is 3.49. The molecule has 0 spiro atoms. The summed E-state index contributed by atoms with van der Waals surface area (Å²) in [6.45, 7) is 0. The normalized spacial score (nSPS) is 17.1. The molecule has 21 heavy (non-hydrogen) atoms. The molecule has 0 heterocycles. The van der Waals surface area contributed by atoms with E-state index < -0.39 is 0 Å². The zero-order valence-electron chi connectivity index (χ0n) is 11.4. The van der Waals surface area contributed by atoms with Crippen LogP contribution in [0.3, 0.4) is 0 Å². The van der Waals surface area contributed by atoms with E-state index in [1.54, 1.807) is 12.1 Å². The molecule has 1 aliphatic rings. The molecule has 0 fully saturated rings. The van der Waals surface area contributed by atoms with Crippen molar-refractivity contribution < 1.29 is 4.92 Å². The van der Waals surface area contributed by atoms with Gasteiger partial charge >= 0.3 is 0 Å². The molecule has 1 N–H and O–H groups in total. The fourth-order valence-corrected chi connectivity index (χ4v) is 3.23. The van der Waals surface area contributed by atoms with Gasteiger partial charge in [-0.15, -0.1) is 0 Å². The molecular formula is C16H15BrN2O2. The smallest absolute Gasteiger partial charge is 0.292 e. The number of hydrogen-bond donors (Lipinski definition) is 1. The Morgan fingerprint density at radius 1 is 1.19 bits per heavy atom. The first-order valence-electron chi connectivity index (χ1n) is 6.91. The van der Waals surface area contributed by atoms with Crippen LogP contribution in [-0.4, -0.2) is 11.0 Å². The Bertz CT molecular complexity index is 688. The average Bonchev–Trinajstić information content (AvgIpc) is 2.48. The molecule has 0 aromatic heterocycles. The molecule has 2 aromatic carbocycles. The first kappa shape index (κ1) is 14.1. The van der Waals surface area contributed by atoms with Crippen LogP contribution in [0.15, 0.2) is 46.9 Å². The van der Waals surface area contributed by atoms with Crippen molar-refractivity contribution >= 4 is 27.3 Å². The fourth-order valence-electron chi connectivity index (χ4n) is 2.82. The summed E-state index contributed by atoms with van der Waals surface area (Å²) in [4.78, 5) is 10.7. The fraction of sp³-hybridized carbons (Fsp3) is 0.250. The standard InChI is InChI=1S/C16H15BrN2O2/c17-13-7-5-12-10-14(8-6-11(12)9-13)18-15-3-1-2-4-16(15)19(20)21/h1-5,7,9,14,18H,6,8,10H2.